The van der Waals surface area contributed by atoms with Crippen LogP contribution in [0.3, 0.4) is 0 Å². The molecule has 1 aromatic carbocycles. The van der Waals surface area contributed by atoms with Gasteiger partial charge in [0.1, 0.15) is 6.61 Å². The smallest absolute Gasteiger partial charge is 0.338 e. The summed E-state index contributed by atoms with van der Waals surface area (Å²) in [6, 6.07) is 6.05. The molecule has 1 aliphatic heterocycles. The second-order valence-corrected chi connectivity index (χ2v) is 5.17. The van der Waals surface area contributed by atoms with E-state index in [0.29, 0.717) is 21.9 Å². The van der Waals surface area contributed by atoms with Crippen LogP contribution in [0.15, 0.2) is 47.7 Å². The van der Waals surface area contributed by atoms with Crippen LogP contribution in [0.5, 0.6) is 0 Å². The molecule has 2 amide bonds. The highest BCUT2D eigenvalue weighted by Gasteiger charge is 2.33. The topological polar surface area (TPSA) is 67.4 Å². The minimum atomic E-state index is -0.638. The number of allylic oxidation sites excluding steroid dienone is 2. The molecular formula is C16H17ClN2O3. The molecule has 0 bridgehead atoms. The zero-order chi connectivity index (χ0) is 16.1. The SMILES string of the molecule is CC=CCOC(=O)C1=C(C)NC(=O)NC1c1ccccc1Cl. The maximum Gasteiger partial charge on any atom is 0.338 e. The number of halogens is 1. The van der Waals surface area contributed by atoms with Crippen molar-refractivity contribution in [1.82, 2.24) is 10.6 Å². The number of carbonyl (C=O) groups is 2. The van der Waals surface area contributed by atoms with Crippen LogP contribution in [0, 0.1) is 0 Å². The first kappa shape index (κ1) is 16.1. The highest BCUT2D eigenvalue weighted by molar-refractivity contribution is 6.31. The van der Waals surface area contributed by atoms with Crippen molar-refractivity contribution < 1.29 is 14.3 Å². The summed E-state index contributed by atoms with van der Waals surface area (Å²) in [7, 11) is 0. The van der Waals surface area contributed by atoms with Crippen molar-refractivity contribution in [1.29, 1.82) is 0 Å². The minimum Gasteiger partial charge on any atom is -0.458 e. The van der Waals surface area contributed by atoms with Gasteiger partial charge in [0.25, 0.3) is 0 Å². The van der Waals surface area contributed by atoms with Crippen LogP contribution in [0.25, 0.3) is 0 Å². The van der Waals surface area contributed by atoms with Gasteiger partial charge in [-0.3, -0.25) is 0 Å². The third-order valence-corrected chi connectivity index (χ3v) is 3.60. The zero-order valence-corrected chi connectivity index (χ0v) is 13.1. The summed E-state index contributed by atoms with van der Waals surface area (Å²) in [5.74, 6) is -0.493. The maximum absolute atomic E-state index is 12.3. The van der Waals surface area contributed by atoms with Crippen molar-refractivity contribution >= 4 is 23.6 Å². The first-order valence-corrected chi connectivity index (χ1v) is 7.23. The van der Waals surface area contributed by atoms with Crippen LogP contribution in [0.1, 0.15) is 25.5 Å². The number of hydrogen-bond acceptors (Lipinski definition) is 3. The molecule has 1 aliphatic rings. The van der Waals surface area contributed by atoms with Gasteiger partial charge in [0.15, 0.2) is 0 Å². The number of urea groups is 1. The maximum atomic E-state index is 12.3. The Balaban J connectivity index is 2.37. The molecule has 1 heterocycles. The van der Waals surface area contributed by atoms with Crippen molar-refractivity contribution in [3.05, 3.63) is 58.3 Å². The Morgan fingerprint density at radius 3 is 2.82 bits per heavy atom. The van der Waals surface area contributed by atoms with Crippen LogP contribution in [0.2, 0.25) is 5.02 Å². The summed E-state index contributed by atoms with van der Waals surface area (Å²) < 4.78 is 5.20. The van der Waals surface area contributed by atoms with E-state index in [-0.39, 0.29) is 12.6 Å². The summed E-state index contributed by atoms with van der Waals surface area (Å²) >= 11 is 6.19. The number of rotatable bonds is 4. The van der Waals surface area contributed by atoms with E-state index in [9.17, 15) is 9.59 Å². The normalized spacial score (nSPS) is 18.1. The van der Waals surface area contributed by atoms with Gasteiger partial charge in [-0.05, 0) is 25.5 Å². The van der Waals surface area contributed by atoms with Gasteiger partial charge in [0, 0.05) is 10.7 Å². The fraction of sp³-hybridized carbons (Fsp3) is 0.250. The molecule has 2 N–H and O–H groups in total. The second-order valence-electron chi connectivity index (χ2n) is 4.76. The van der Waals surface area contributed by atoms with Gasteiger partial charge in [0.2, 0.25) is 0 Å². The standard InChI is InChI=1S/C16H17ClN2O3/c1-3-4-9-22-15(20)13-10(2)18-16(21)19-14(13)11-7-5-6-8-12(11)17/h3-8,14H,9H2,1-2H3,(H2,18,19,21). The molecule has 0 radical (unpaired) electrons. The summed E-state index contributed by atoms with van der Waals surface area (Å²) in [5.41, 5.74) is 1.45. The Morgan fingerprint density at radius 1 is 1.41 bits per heavy atom. The fourth-order valence-electron chi connectivity index (χ4n) is 2.20. The first-order valence-electron chi connectivity index (χ1n) is 6.85. The molecule has 6 heteroatoms. The molecule has 0 saturated heterocycles. The van der Waals surface area contributed by atoms with Crippen molar-refractivity contribution in [3.8, 4) is 0 Å². The second kappa shape index (κ2) is 7.13. The van der Waals surface area contributed by atoms with E-state index in [1.807, 2.05) is 6.92 Å². The molecule has 0 saturated carbocycles. The van der Waals surface area contributed by atoms with Gasteiger partial charge in [0.05, 0.1) is 11.6 Å². The van der Waals surface area contributed by atoms with E-state index >= 15 is 0 Å². The largest absolute Gasteiger partial charge is 0.458 e. The summed E-state index contributed by atoms with van der Waals surface area (Å²) in [6.07, 6.45) is 3.52. The highest BCUT2D eigenvalue weighted by atomic mass is 35.5. The molecule has 2 rings (SSSR count). The number of benzene rings is 1. The lowest BCUT2D eigenvalue weighted by atomic mass is 9.95. The van der Waals surface area contributed by atoms with Crippen molar-refractivity contribution in [2.24, 2.45) is 0 Å². The number of nitrogens with one attached hydrogen (secondary N) is 2. The Labute approximate surface area is 134 Å². The Morgan fingerprint density at radius 2 is 2.14 bits per heavy atom. The number of carbonyl (C=O) groups excluding carboxylic acids is 2. The number of esters is 1. The van der Waals surface area contributed by atoms with E-state index < -0.39 is 12.0 Å². The fourth-order valence-corrected chi connectivity index (χ4v) is 2.45. The average Bonchev–Trinajstić information content (AvgIpc) is 2.47. The lowest BCUT2D eigenvalue weighted by Crippen LogP contribution is -2.45. The van der Waals surface area contributed by atoms with Crippen LogP contribution in [-0.2, 0) is 9.53 Å². The van der Waals surface area contributed by atoms with Crippen LogP contribution >= 0.6 is 11.6 Å². The van der Waals surface area contributed by atoms with Crippen molar-refractivity contribution in [2.75, 3.05) is 6.61 Å². The summed E-state index contributed by atoms with van der Waals surface area (Å²) in [5, 5.41) is 5.77. The van der Waals surface area contributed by atoms with Crippen molar-refractivity contribution in [3.63, 3.8) is 0 Å². The van der Waals surface area contributed by atoms with Gasteiger partial charge >= 0.3 is 12.0 Å². The van der Waals surface area contributed by atoms with Gasteiger partial charge in [-0.25, -0.2) is 9.59 Å². The molecule has 1 unspecified atom stereocenters. The van der Waals surface area contributed by atoms with Crippen molar-refractivity contribution in [2.45, 2.75) is 19.9 Å². The van der Waals surface area contributed by atoms with E-state index in [2.05, 4.69) is 10.6 Å². The molecule has 1 aromatic rings. The lowest BCUT2D eigenvalue weighted by Gasteiger charge is -2.28. The van der Waals surface area contributed by atoms with E-state index in [1.165, 1.54) is 0 Å². The zero-order valence-electron chi connectivity index (χ0n) is 12.4. The molecule has 22 heavy (non-hydrogen) atoms. The first-order chi connectivity index (χ1) is 10.5. The van der Waals surface area contributed by atoms with Crippen LogP contribution in [-0.4, -0.2) is 18.6 Å². The van der Waals surface area contributed by atoms with E-state index in [1.54, 1.807) is 43.3 Å². The Kier molecular flexibility index (Phi) is 5.22. The predicted octanol–water partition coefficient (Wildman–Crippen LogP) is 3.09. The number of ether oxygens (including phenoxy) is 1. The predicted molar refractivity (Wildman–Crippen MR) is 84.3 cm³/mol. The molecule has 0 aliphatic carbocycles. The van der Waals surface area contributed by atoms with Gasteiger partial charge in [-0.15, -0.1) is 0 Å². The third-order valence-electron chi connectivity index (χ3n) is 3.25. The molecule has 116 valence electrons. The number of hydrogen-bond donors (Lipinski definition) is 2. The molecule has 0 fully saturated rings. The van der Waals surface area contributed by atoms with Gasteiger partial charge in [-0.1, -0.05) is 42.0 Å². The summed E-state index contributed by atoms with van der Waals surface area (Å²) in [4.78, 5) is 24.1. The van der Waals surface area contributed by atoms with E-state index in [0.717, 1.165) is 0 Å². The molecule has 5 nitrogen and oxygen atoms in total. The molecule has 0 aromatic heterocycles. The van der Waals surface area contributed by atoms with Crippen LogP contribution < -0.4 is 10.6 Å². The number of amides is 2. The molecular weight excluding hydrogens is 304 g/mol. The monoisotopic (exact) mass is 320 g/mol. The van der Waals surface area contributed by atoms with E-state index in [4.69, 9.17) is 16.3 Å². The quantitative estimate of drug-likeness (QED) is 0.661. The molecule has 1 atom stereocenters. The molecule has 0 spiro atoms. The average molecular weight is 321 g/mol. The Bertz CT molecular complexity index is 653. The Hall–Kier alpha value is -2.27. The minimum absolute atomic E-state index is 0.176. The summed E-state index contributed by atoms with van der Waals surface area (Å²) in [6.45, 7) is 3.68. The lowest BCUT2D eigenvalue weighted by molar-refractivity contribution is -0.138. The highest BCUT2D eigenvalue weighted by Crippen LogP contribution is 2.31. The van der Waals surface area contributed by atoms with Crippen LogP contribution in [0.4, 0.5) is 4.79 Å². The third kappa shape index (κ3) is 3.49. The van der Waals surface area contributed by atoms with Gasteiger partial charge in [-0.2, -0.15) is 0 Å². The van der Waals surface area contributed by atoms with Gasteiger partial charge < -0.3 is 15.4 Å².